The molecule has 1 atom stereocenters. The van der Waals surface area contributed by atoms with Crippen LogP contribution in [0, 0.1) is 0 Å². The van der Waals surface area contributed by atoms with E-state index in [0.717, 1.165) is 0 Å². The highest BCUT2D eigenvalue weighted by molar-refractivity contribution is 8.02. The summed E-state index contributed by atoms with van der Waals surface area (Å²) < 4.78 is 22.6. The molecule has 1 heterocycles. The number of carbonyl (C=O) groups excluding carboxylic acids is 2. The first-order valence-corrected chi connectivity index (χ1v) is 9.50. The van der Waals surface area contributed by atoms with Gasteiger partial charge >= 0.3 is 0 Å². The second-order valence-electron chi connectivity index (χ2n) is 4.90. The van der Waals surface area contributed by atoms with Gasteiger partial charge in [0.1, 0.15) is 0 Å². The van der Waals surface area contributed by atoms with Crippen molar-refractivity contribution in [2.24, 2.45) is 0 Å². The van der Waals surface area contributed by atoms with Crippen LogP contribution in [0.2, 0.25) is 0 Å². The Labute approximate surface area is 128 Å². The highest BCUT2D eigenvalue weighted by atomic mass is 32.2. The third-order valence-corrected chi connectivity index (χ3v) is 6.46. The van der Waals surface area contributed by atoms with Gasteiger partial charge in [-0.1, -0.05) is 30.3 Å². The van der Waals surface area contributed by atoms with E-state index < -0.39 is 9.84 Å². The summed E-state index contributed by atoms with van der Waals surface area (Å²) in [6.07, 6.45) is 0.600. The Hall–Kier alpha value is -1.34. The second kappa shape index (κ2) is 7.09. The first-order valence-electron chi connectivity index (χ1n) is 6.63. The number of thioether (sulfide) groups is 1. The van der Waals surface area contributed by atoms with E-state index in [9.17, 15) is 18.0 Å². The lowest BCUT2D eigenvalue weighted by Crippen LogP contribution is -2.31. The minimum Gasteiger partial charge on any atom is -0.348 e. The Kier molecular flexibility index (Phi) is 5.41. The SMILES string of the molecule is O=C(CSC1CCS(=O)(=O)C1)NCC(=O)c1ccccc1. The standard InChI is InChI=1S/C14H17NO4S2/c16-13(11-4-2-1-3-5-11)8-15-14(17)9-20-12-6-7-21(18,19)10-12/h1-5,12H,6-10H2,(H,15,17). The van der Waals surface area contributed by atoms with Crippen molar-refractivity contribution in [3.05, 3.63) is 35.9 Å². The summed E-state index contributed by atoms with van der Waals surface area (Å²) in [4.78, 5) is 23.5. The molecule has 0 aromatic heterocycles. The number of Topliss-reactive ketones (excluding diaryl/α,β-unsaturated/α-hetero) is 1. The maximum Gasteiger partial charge on any atom is 0.230 e. The summed E-state index contributed by atoms with van der Waals surface area (Å²) in [5, 5.41) is 2.56. The average molecular weight is 327 g/mol. The summed E-state index contributed by atoms with van der Waals surface area (Å²) in [7, 11) is -2.91. The molecule has 1 fully saturated rings. The van der Waals surface area contributed by atoms with Crippen LogP contribution in [0.1, 0.15) is 16.8 Å². The van der Waals surface area contributed by atoms with Gasteiger partial charge in [-0.3, -0.25) is 9.59 Å². The minimum atomic E-state index is -2.91. The van der Waals surface area contributed by atoms with Gasteiger partial charge in [0.15, 0.2) is 15.6 Å². The van der Waals surface area contributed by atoms with Crippen molar-refractivity contribution in [1.82, 2.24) is 5.32 Å². The Morgan fingerprint density at radius 3 is 2.57 bits per heavy atom. The number of hydrogen-bond donors (Lipinski definition) is 1. The highest BCUT2D eigenvalue weighted by Crippen LogP contribution is 2.23. The molecule has 2 rings (SSSR count). The molecule has 1 aliphatic rings. The van der Waals surface area contributed by atoms with Crippen LogP contribution in [-0.4, -0.2) is 49.2 Å². The zero-order valence-electron chi connectivity index (χ0n) is 11.4. The molecule has 0 radical (unpaired) electrons. The van der Waals surface area contributed by atoms with Crippen LogP contribution < -0.4 is 5.32 Å². The fourth-order valence-corrected chi connectivity index (χ4v) is 5.52. The van der Waals surface area contributed by atoms with Crippen LogP contribution in [0.4, 0.5) is 0 Å². The smallest absolute Gasteiger partial charge is 0.230 e. The molecule has 0 aliphatic carbocycles. The molecule has 21 heavy (non-hydrogen) atoms. The molecule has 1 amide bonds. The summed E-state index contributed by atoms with van der Waals surface area (Å²) in [6, 6.07) is 8.76. The Balaban J connectivity index is 1.70. The van der Waals surface area contributed by atoms with Gasteiger partial charge in [0.25, 0.3) is 0 Å². The predicted molar refractivity (Wildman–Crippen MR) is 83.3 cm³/mol. The quantitative estimate of drug-likeness (QED) is 0.786. The van der Waals surface area contributed by atoms with E-state index in [4.69, 9.17) is 0 Å². The fourth-order valence-electron chi connectivity index (χ4n) is 2.04. The van der Waals surface area contributed by atoms with E-state index in [1.54, 1.807) is 24.3 Å². The number of benzene rings is 1. The molecule has 1 unspecified atom stereocenters. The number of hydrogen-bond acceptors (Lipinski definition) is 5. The van der Waals surface area contributed by atoms with Crippen molar-refractivity contribution in [2.75, 3.05) is 23.8 Å². The lowest BCUT2D eigenvalue weighted by molar-refractivity contribution is -0.118. The Morgan fingerprint density at radius 1 is 1.24 bits per heavy atom. The first-order chi connectivity index (χ1) is 9.96. The molecule has 1 saturated heterocycles. The molecule has 114 valence electrons. The molecule has 0 spiro atoms. The van der Waals surface area contributed by atoms with Gasteiger partial charge in [-0.2, -0.15) is 0 Å². The number of amides is 1. The van der Waals surface area contributed by atoms with Crippen LogP contribution in [0.15, 0.2) is 30.3 Å². The van der Waals surface area contributed by atoms with E-state index in [1.165, 1.54) is 11.8 Å². The average Bonchev–Trinajstić information content (AvgIpc) is 2.83. The molecule has 1 aromatic rings. The minimum absolute atomic E-state index is 0.00873. The highest BCUT2D eigenvalue weighted by Gasteiger charge is 2.28. The van der Waals surface area contributed by atoms with Crippen molar-refractivity contribution < 1.29 is 18.0 Å². The number of carbonyl (C=O) groups is 2. The first kappa shape index (κ1) is 16.0. The van der Waals surface area contributed by atoms with Crippen LogP contribution in [-0.2, 0) is 14.6 Å². The normalized spacial score (nSPS) is 20.1. The van der Waals surface area contributed by atoms with Gasteiger partial charge in [0.05, 0.1) is 23.8 Å². The van der Waals surface area contributed by atoms with Crippen LogP contribution in [0.5, 0.6) is 0 Å². The van der Waals surface area contributed by atoms with Crippen molar-refractivity contribution >= 4 is 33.3 Å². The Bertz CT molecular complexity index is 613. The van der Waals surface area contributed by atoms with E-state index in [1.807, 2.05) is 6.07 Å². The van der Waals surface area contributed by atoms with Gasteiger partial charge in [-0.05, 0) is 6.42 Å². The third kappa shape index (κ3) is 5.17. The molecule has 1 N–H and O–H groups in total. The molecule has 5 nitrogen and oxygen atoms in total. The molecular weight excluding hydrogens is 310 g/mol. The van der Waals surface area contributed by atoms with Gasteiger partial charge in [-0.25, -0.2) is 8.42 Å². The zero-order valence-corrected chi connectivity index (χ0v) is 13.1. The van der Waals surface area contributed by atoms with Gasteiger partial charge in [0.2, 0.25) is 5.91 Å². The van der Waals surface area contributed by atoms with E-state index in [-0.39, 0.29) is 40.7 Å². The van der Waals surface area contributed by atoms with Gasteiger partial charge < -0.3 is 5.32 Å². The maximum absolute atomic E-state index is 11.8. The second-order valence-corrected chi connectivity index (χ2v) is 8.42. The molecule has 1 aliphatic heterocycles. The maximum atomic E-state index is 11.8. The summed E-state index contributed by atoms with van der Waals surface area (Å²) >= 11 is 1.34. The van der Waals surface area contributed by atoms with Crippen molar-refractivity contribution in [3.63, 3.8) is 0 Å². The molecule has 0 saturated carbocycles. The monoisotopic (exact) mass is 327 g/mol. The lowest BCUT2D eigenvalue weighted by atomic mass is 10.1. The summed E-state index contributed by atoms with van der Waals surface area (Å²) in [6.45, 7) is -0.0353. The van der Waals surface area contributed by atoms with Crippen molar-refractivity contribution in [1.29, 1.82) is 0 Å². The molecular formula is C14H17NO4S2. The van der Waals surface area contributed by atoms with Crippen LogP contribution in [0.25, 0.3) is 0 Å². The third-order valence-electron chi connectivity index (χ3n) is 3.18. The molecule has 7 heteroatoms. The number of nitrogens with one attached hydrogen (secondary N) is 1. The number of rotatable bonds is 6. The largest absolute Gasteiger partial charge is 0.348 e. The van der Waals surface area contributed by atoms with E-state index in [0.29, 0.717) is 12.0 Å². The molecule has 0 bridgehead atoms. The van der Waals surface area contributed by atoms with E-state index in [2.05, 4.69) is 5.32 Å². The number of sulfone groups is 1. The zero-order chi connectivity index (χ0) is 15.3. The topological polar surface area (TPSA) is 80.3 Å². The Morgan fingerprint density at radius 2 is 1.95 bits per heavy atom. The van der Waals surface area contributed by atoms with E-state index >= 15 is 0 Å². The summed E-state index contributed by atoms with van der Waals surface area (Å²) in [5.41, 5.74) is 0.562. The summed E-state index contributed by atoms with van der Waals surface area (Å²) in [5.74, 6) is 0.153. The molecule has 1 aromatic carbocycles. The van der Waals surface area contributed by atoms with Crippen LogP contribution in [0.3, 0.4) is 0 Å². The van der Waals surface area contributed by atoms with Gasteiger partial charge in [0, 0.05) is 10.8 Å². The van der Waals surface area contributed by atoms with Crippen molar-refractivity contribution in [2.45, 2.75) is 11.7 Å². The number of ketones is 1. The van der Waals surface area contributed by atoms with Gasteiger partial charge in [-0.15, -0.1) is 11.8 Å². The fraction of sp³-hybridized carbons (Fsp3) is 0.429. The lowest BCUT2D eigenvalue weighted by Gasteiger charge is -2.08. The van der Waals surface area contributed by atoms with Crippen LogP contribution >= 0.6 is 11.8 Å². The van der Waals surface area contributed by atoms with Crippen molar-refractivity contribution in [3.8, 4) is 0 Å². The predicted octanol–water partition coefficient (Wildman–Crippen LogP) is 0.906.